The molecule has 0 saturated heterocycles. The van der Waals surface area contributed by atoms with E-state index >= 15 is 0 Å². The molecular formula is C48H67N5O8. The summed E-state index contributed by atoms with van der Waals surface area (Å²) in [4.78, 5) is 81.3. The third-order valence-electron chi connectivity index (χ3n) is 10.6. The van der Waals surface area contributed by atoms with Crippen molar-refractivity contribution in [3.05, 3.63) is 108 Å². The van der Waals surface area contributed by atoms with Gasteiger partial charge in [0.15, 0.2) is 0 Å². The van der Waals surface area contributed by atoms with Crippen LogP contribution in [-0.4, -0.2) is 76.9 Å². The maximum Gasteiger partial charge on any atom is 0.329 e. The van der Waals surface area contributed by atoms with E-state index in [1.807, 2.05) is 112 Å². The number of carbonyl (C=O) groups excluding carboxylic acids is 6. The number of rotatable bonds is 24. The maximum atomic E-state index is 14.0. The Morgan fingerprint density at radius 1 is 0.574 bits per heavy atom. The number of carbonyl (C=O) groups is 6. The molecule has 6 N–H and O–H groups in total. The van der Waals surface area contributed by atoms with Crippen molar-refractivity contribution < 1.29 is 38.6 Å². The molecule has 0 aliphatic heterocycles. The van der Waals surface area contributed by atoms with E-state index in [0.717, 1.165) is 16.7 Å². The van der Waals surface area contributed by atoms with Gasteiger partial charge in [0.2, 0.25) is 29.5 Å². The molecule has 7 atom stereocenters. The summed E-state index contributed by atoms with van der Waals surface area (Å²) in [7, 11) is 0. The van der Waals surface area contributed by atoms with E-state index in [0.29, 0.717) is 12.8 Å². The summed E-state index contributed by atoms with van der Waals surface area (Å²) >= 11 is 0. The first kappa shape index (κ1) is 49.8. The molecule has 0 aliphatic carbocycles. The van der Waals surface area contributed by atoms with Gasteiger partial charge in [-0.05, 0) is 53.2 Å². The monoisotopic (exact) mass is 841 g/mol. The fourth-order valence-electron chi connectivity index (χ4n) is 6.77. The summed E-state index contributed by atoms with van der Waals surface area (Å²) in [6, 6.07) is 22.6. The first-order valence-corrected chi connectivity index (χ1v) is 21.4. The van der Waals surface area contributed by atoms with Crippen LogP contribution in [0.25, 0.3) is 0 Å². The Kier molecular flexibility index (Phi) is 20.6. The van der Waals surface area contributed by atoms with Crippen molar-refractivity contribution in [3.8, 4) is 0 Å². The van der Waals surface area contributed by atoms with Crippen molar-refractivity contribution in [3.63, 3.8) is 0 Å². The van der Waals surface area contributed by atoms with Gasteiger partial charge in [-0.25, -0.2) is 4.79 Å². The Morgan fingerprint density at radius 2 is 1.08 bits per heavy atom. The Balaban J connectivity index is 1.75. The van der Waals surface area contributed by atoms with Gasteiger partial charge in [-0.1, -0.05) is 153 Å². The molecule has 332 valence electrons. The Hall–Kier alpha value is -5.56. The van der Waals surface area contributed by atoms with Gasteiger partial charge in [0.25, 0.3) is 0 Å². The van der Waals surface area contributed by atoms with Crippen LogP contribution in [0, 0.1) is 23.7 Å². The van der Waals surface area contributed by atoms with Crippen LogP contribution in [-0.2, 0) is 53.0 Å². The molecule has 0 heterocycles. The zero-order chi connectivity index (χ0) is 45.1. The lowest BCUT2D eigenvalue weighted by atomic mass is 9.95. The van der Waals surface area contributed by atoms with E-state index in [9.17, 15) is 33.9 Å². The van der Waals surface area contributed by atoms with E-state index in [4.69, 9.17) is 4.74 Å². The number of aliphatic hydroxyl groups excluding tert-OH is 1. The summed E-state index contributed by atoms with van der Waals surface area (Å²) in [5.74, 6) is -4.20. The van der Waals surface area contributed by atoms with Crippen molar-refractivity contribution in [2.24, 2.45) is 23.7 Å². The lowest BCUT2D eigenvalue weighted by Gasteiger charge is -2.30. The predicted molar refractivity (Wildman–Crippen MR) is 235 cm³/mol. The number of benzene rings is 3. The number of aliphatic hydroxyl groups is 1. The molecule has 61 heavy (non-hydrogen) atoms. The van der Waals surface area contributed by atoms with Crippen LogP contribution in [0.4, 0.5) is 0 Å². The smallest absolute Gasteiger partial charge is 0.329 e. The molecule has 3 rings (SSSR count). The minimum Gasteiger partial charge on any atom is -0.459 e. The van der Waals surface area contributed by atoms with Crippen molar-refractivity contribution in [2.45, 2.75) is 130 Å². The Morgan fingerprint density at radius 3 is 1.61 bits per heavy atom. The summed E-state index contributed by atoms with van der Waals surface area (Å²) in [6.45, 7) is 14.7. The van der Waals surface area contributed by atoms with E-state index in [1.54, 1.807) is 34.6 Å². The minimum atomic E-state index is -1.41. The molecule has 5 amide bonds. The second-order valence-corrected chi connectivity index (χ2v) is 17.0. The van der Waals surface area contributed by atoms with Crippen LogP contribution >= 0.6 is 0 Å². The third-order valence-corrected chi connectivity index (χ3v) is 10.6. The largest absolute Gasteiger partial charge is 0.459 e. The summed E-state index contributed by atoms with van der Waals surface area (Å²) in [6.07, 6.45) is -0.760. The van der Waals surface area contributed by atoms with Crippen LogP contribution in [0.1, 0.15) is 91.3 Å². The van der Waals surface area contributed by atoms with Crippen molar-refractivity contribution in [2.75, 3.05) is 0 Å². The van der Waals surface area contributed by atoms with E-state index in [-0.39, 0.29) is 49.0 Å². The molecule has 13 nitrogen and oxygen atoms in total. The molecular weight excluding hydrogens is 775 g/mol. The molecule has 3 aromatic rings. The number of hydrogen-bond donors (Lipinski definition) is 6. The second kappa shape index (κ2) is 25.3. The van der Waals surface area contributed by atoms with Crippen LogP contribution in [0.3, 0.4) is 0 Å². The second-order valence-electron chi connectivity index (χ2n) is 17.0. The number of ether oxygens (including phenoxy) is 1. The van der Waals surface area contributed by atoms with Crippen molar-refractivity contribution in [1.82, 2.24) is 26.6 Å². The van der Waals surface area contributed by atoms with Crippen LogP contribution in [0.15, 0.2) is 91.0 Å². The van der Waals surface area contributed by atoms with Gasteiger partial charge in [0, 0.05) is 0 Å². The van der Waals surface area contributed by atoms with Gasteiger partial charge in [-0.2, -0.15) is 0 Å². The van der Waals surface area contributed by atoms with Gasteiger partial charge >= 0.3 is 5.97 Å². The number of esters is 1. The van der Waals surface area contributed by atoms with E-state index in [2.05, 4.69) is 26.6 Å². The predicted octanol–water partition coefficient (Wildman–Crippen LogP) is 4.79. The first-order valence-electron chi connectivity index (χ1n) is 21.4. The highest BCUT2D eigenvalue weighted by Gasteiger charge is 2.35. The maximum absolute atomic E-state index is 14.0. The minimum absolute atomic E-state index is 0.0409. The molecule has 0 saturated carbocycles. The van der Waals surface area contributed by atoms with Gasteiger partial charge in [-0.3, -0.25) is 24.0 Å². The van der Waals surface area contributed by atoms with Crippen LogP contribution < -0.4 is 26.6 Å². The van der Waals surface area contributed by atoms with E-state index in [1.165, 1.54) is 0 Å². The molecule has 13 heteroatoms. The zero-order valence-electron chi connectivity index (χ0n) is 37.0. The average molecular weight is 842 g/mol. The number of amides is 5. The molecule has 0 spiro atoms. The summed E-state index contributed by atoms with van der Waals surface area (Å²) in [5.41, 5.74) is 2.39. The molecule has 0 bridgehead atoms. The average Bonchev–Trinajstić information content (AvgIpc) is 3.22. The molecule has 0 aromatic heterocycles. The summed E-state index contributed by atoms with van der Waals surface area (Å²) < 4.78 is 5.53. The quantitative estimate of drug-likeness (QED) is 0.0694. The normalized spacial score (nSPS) is 14.8. The van der Waals surface area contributed by atoms with Gasteiger partial charge in [0.05, 0.1) is 25.0 Å². The molecule has 0 aliphatic rings. The van der Waals surface area contributed by atoms with Crippen LogP contribution in [0.2, 0.25) is 0 Å². The molecule has 0 radical (unpaired) electrons. The van der Waals surface area contributed by atoms with Gasteiger partial charge in [-0.15, -0.1) is 0 Å². The first-order chi connectivity index (χ1) is 29.0. The van der Waals surface area contributed by atoms with E-state index < -0.39 is 72.3 Å². The van der Waals surface area contributed by atoms with Crippen molar-refractivity contribution in [1.29, 1.82) is 0 Å². The van der Waals surface area contributed by atoms with Gasteiger partial charge < -0.3 is 36.4 Å². The zero-order valence-corrected chi connectivity index (χ0v) is 37.0. The molecule has 0 fully saturated rings. The Labute approximate surface area is 361 Å². The lowest BCUT2D eigenvalue weighted by molar-refractivity contribution is -0.151. The number of hydrogen-bond acceptors (Lipinski definition) is 8. The highest BCUT2D eigenvalue weighted by Crippen LogP contribution is 2.16. The Bertz CT molecular complexity index is 1840. The topological polar surface area (TPSA) is 192 Å². The van der Waals surface area contributed by atoms with Crippen LogP contribution in [0.5, 0.6) is 0 Å². The number of nitrogens with one attached hydrogen (secondary N) is 5. The highest BCUT2D eigenvalue weighted by molar-refractivity contribution is 5.93. The third kappa shape index (κ3) is 17.1. The summed E-state index contributed by atoms with van der Waals surface area (Å²) in [5, 5.41) is 25.7. The van der Waals surface area contributed by atoms with Crippen molar-refractivity contribution >= 4 is 35.5 Å². The molecule has 2 unspecified atom stereocenters. The lowest BCUT2D eigenvalue weighted by Crippen LogP contribution is -2.59. The fraction of sp³-hybridized carbons (Fsp3) is 0.500. The van der Waals surface area contributed by atoms with Gasteiger partial charge in [0.1, 0.15) is 30.8 Å². The standard InChI is InChI=1S/C48H67N5O8/c1-9-33(8)44(47(59)53-43(32(6)7)48(60)61-29-36-23-17-12-18-24-36)51-41(56)28-39(54)37(26-34-19-13-10-14-20-34)50-46(58)42(31(4)5)52-45(57)38(25-30(2)3)49-40(55)27-35-21-15-11-16-22-35/h10-24,30-33,37-39,42-44,54H,9,25-29H2,1-8H3,(H,49,55)(H,50,58)(H,51,56)(H,52,57)(H,53,59)/t33-,37-,38-,39-,42?,43?,44-/m0/s1. The highest BCUT2D eigenvalue weighted by atomic mass is 16.5. The fourth-order valence-corrected chi connectivity index (χ4v) is 6.77. The molecule has 3 aromatic carbocycles. The SMILES string of the molecule is CC[C@H](C)[C@H](NC(=O)C[C@H](O)[C@H](Cc1ccccc1)NC(=O)C(NC(=O)[C@H](CC(C)C)NC(=O)Cc1ccccc1)C(C)C)C(=O)NC(C(=O)OCc1ccccc1)C(C)C.